The van der Waals surface area contributed by atoms with Gasteiger partial charge in [-0.2, -0.15) is 0 Å². The summed E-state index contributed by atoms with van der Waals surface area (Å²) in [4.78, 5) is 12.3. The zero-order valence-corrected chi connectivity index (χ0v) is 13.4. The molecule has 114 valence electrons. The van der Waals surface area contributed by atoms with Gasteiger partial charge in [-0.25, -0.2) is 0 Å². The van der Waals surface area contributed by atoms with Crippen molar-refractivity contribution in [2.45, 2.75) is 46.6 Å². The molecular formula is C18H25NO2. The van der Waals surface area contributed by atoms with Crippen molar-refractivity contribution in [3.05, 3.63) is 34.9 Å². The van der Waals surface area contributed by atoms with E-state index in [1.165, 1.54) is 0 Å². The maximum atomic E-state index is 12.3. The fourth-order valence-corrected chi connectivity index (χ4v) is 2.04. The smallest absolute Gasteiger partial charge is 0.251 e. The van der Waals surface area contributed by atoms with Crippen LogP contribution in [0.25, 0.3) is 0 Å². The number of hydrogen-bond donors (Lipinski definition) is 2. The summed E-state index contributed by atoms with van der Waals surface area (Å²) in [5, 5.41) is 11.8. The molecule has 1 aromatic rings. The fourth-order valence-electron chi connectivity index (χ4n) is 2.04. The van der Waals surface area contributed by atoms with Gasteiger partial charge in [-0.15, -0.1) is 0 Å². The van der Waals surface area contributed by atoms with Crippen LogP contribution in [0, 0.1) is 24.7 Å². The average molecular weight is 287 g/mol. The normalized spacial score (nSPS) is 11.7. The monoisotopic (exact) mass is 287 g/mol. The van der Waals surface area contributed by atoms with E-state index in [4.69, 9.17) is 5.11 Å². The van der Waals surface area contributed by atoms with E-state index in [0.29, 0.717) is 11.5 Å². The SMILES string of the molecule is Cc1ccc(C#CCO)cc1C(=O)NC(C)CCC(C)C. The minimum Gasteiger partial charge on any atom is -0.384 e. The molecule has 1 unspecified atom stereocenters. The van der Waals surface area contributed by atoms with Gasteiger partial charge >= 0.3 is 0 Å². The number of benzene rings is 1. The lowest BCUT2D eigenvalue weighted by atomic mass is 10.0. The molecule has 0 saturated heterocycles. The number of hydrogen-bond acceptors (Lipinski definition) is 2. The minimum absolute atomic E-state index is 0.0589. The van der Waals surface area contributed by atoms with Crippen molar-refractivity contribution in [3.8, 4) is 11.8 Å². The second-order valence-electron chi connectivity index (χ2n) is 5.84. The molecule has 0 fully saturated rings. The van der Waals surface area contributed by atoms with Gasteiger partial charge in [0.25, 0.3) is 5.91 Å². The lowest BCUT2D eigenvalue weighted by Gasteiger charge is -2.16. The van der Waals surface area contributed by atoms with Crippen molar-refractivity contribution in [2.75, 3.05) is 6.61 Å². The molecule has 1 rings (SSSR count). The summed E-state index contributed by atoms with van der Waals surface area (Å²) in [6.07, 6.45) is 2.08. The number of carbonyl (C=O) groups is 1. The zero-order valence-electron chi connectivity index (χ0n) is 13.4. The number of aryl methyl sites for hydroxylation is 1. The summed E-state index contributed by atoms with van der Waals surface area (Å²) in [5.74, 6) is 6.01. The van der Waals surface area contributed by atoms with Crippen LogP contribution in [0.3, 0.4) is 0 Å². The zero-order chi connectivity index (χ0) is 15.8. The van der Waals surface area contributed by atoms with Gasteiger partial charge in [0, 0.05) is 17.2 Å². The third-order valence-corrected chi connectivity index (χ3v) is 3.35. The standard InChI is InChI=1S/C18H25NO2/c1-13(2)7-9-15(4)19-18(21)17-12-16(6-5-11-20)10-8-14(17)3/h8,10,12-13,15,20H,7,9,11H2,1-4H3,(H,19,21). The summed E-state index contributed by atoms with van der Waals surface area (Å²) in [5.41, 5.74) is 2.32. The first-order chi connectivity index (χ1) is 9.93. The highest BCUT2D eigenvalue weighted by molar-refractivity contribution is 5.96. The van der Waals surface area contributed by atoms with E-state index in [2.05, 4.69) is 31.0 Å². The fraction of sp³-hybridized carbons (Fsp3) is 0.500. The van der Waals surface area contributed by atoms with Crippen LogP contribution in [-0.2, 0) is 0 Å². The molecule has 1 aromatic carbocycles. The molecule has 0 radical (unpaired) electrons. The summed E-state index contributed by atoms with van der Waals surface area (Å²) in [6, 6.07) is 5.68. The lowest BCUT2D eigenvalue weighted by Crippen LogP contribution is -2.33. The number of nitrogens with one attached hydrogen (secondary N) is 1. The van der Waals surface area contributed by atoms with Crippen LogP contribution in [0.1, 0.15) is 55.1 Å². The highest BCUT2D eigenvalue weighted by atomic mass is 16.2. The first-order valence-electron chi connectivity index (χ1n) is 7.45. The largest absolute Gasteiger partial charge is 0.384 e. The molecule has 2 N–H and O–H groups in total. The quantitative estimate of drug-likeness (QED) is 0.818. The van der Waals surface area contributed by atoms with Crippen molar-refractivity contribution in [1.82, 2.24) is 5.32 Å². The Kier molecular flexibility index (Phi) is 6.98. The van der Waals surface area contributed by atoms with Crippen LogP contribution in [0.15, 0.2) is 18.2 Å². The lowest BCUT2D eigenvalue weighted by molar-refractivity contribution is 0.0936. The predicted molar refractivity (Wildman–Crippen MR) is 86.1 cm³/mol. The van der Waals surface area contributed by atoms with E-state index in [1.807, 2.05) is 26.0 Å². The van der Waals surface area contributed by atoms with E-state index in [-0.39, 0.29) is 18.6 Å². The molecule has 0 bridgehead atoms. The van der Waals surface area contributed by atoms with E-state index in [0.717, 1.165) is 24.0 Å². The molecule has 3 nitrogen and oxygen atoms in total. The topological polar surface area (TPSA) is 49.3 Å². The van der Waals surface area contributed by atoms with Gasteiger partial charge in [0.2, 0.25) is 0 Å². The summed E-state index contributed by atoms with van der Waals surface area (Å²) in [6.45, 7) is 8.13. The Labute approximate surface area is 127 Å². The summed E-state index contributed by atoms with van der Waals surface area (Å²) in [7, 11) is 0. The van der Waals surface area contributed by atoms with Crippen LogP contribution >= 0.6 is 0 Å². The van der Waals surface area contributed by atoms with Crippen LogP contribution in [0.2, 0.25) is 0 Å². The van der Waals surface area contributed by atoms with Crippen LogP contribution < -0.4 is 5.32 Å². The van der Waals surface area contributed by atoms with Gasteiger partial charge in [0.05, 0.1) is 0 Å². The van der Waals surface area contributed by atoms with Gasteiger partial charge < -0.3 is 10.4 Å². The van der Waals surface area contributed by atoms with Crippen LogP contribution in [-0.4, -0.2) is 23.7 Å². The first kappa shape index (κ1) is 17.3. The van der Waals surface area contributed by atoms with Gasteiger partial charge in [-0.3, -0.25) is 4.79 Å². The number of aliphatic hydroxyl groups excluding tert-OH is 1. The van der Waals surface area contributed by atoms with Crippen LogP contribution in [0.4, 0.5) is 0 Å². The Morgan fingerprint density at radius 1 is 1.29 bits per heavy atom. The van der Waals surface area contributed by atoms with E-state index >= 15 is 0 Å². The first-order valence-corrected chi connectivity index (χ1v) is 7.45. The second kappa shape index (κ2) is 8.49. The molecule has 0 aliphatic heterocycles. The Hall–Kier alpha value is -1.79. The predicted octanol–water partition coefficient (Wildman–Crippen LogP) is 2.89. The molecule has 0 aliphatic carbocycles. The molecule has 1 amide bonds. The summed E-state index contributed by atoms with van der Waals surface area (Å²) < 4.78 is 0. The van der Waals surface area contributed by atoms with Gasteiger partial charge in [0.15, 0.2) is 0 Å². The third-order valence-electron chi connectivity index (χ3n) is 3.35. The van der Waals surface area contributed by atoms with Gasteiger partial charge in [0.1, 0.15) is 6.61 Å². The number of rotatable bonds is 5. The molecule has 0 spiro atoms. The van der Waals surface area contributed by atoms with Crippen molar-refractivity contribution in [3.63, 3.8) is 0 Å². The van der Waals surface area contributed by atoms with Gasteiger partial charge in [-0.05, 0) is 50.3 Å². The molecule has 1 atom stereocenters. The molecular weight excluding hydrogens is 262 g/mol. The number of aliphatic hydroxyl groups is 1. The second-order valence-corrected chi connectivity index (χ2v) is 5.84. The van der Waals surface area contributed by atoms with Crippen molar-refractivity contribution in [2.24, 2.45) is 5.92 Å². The van der Waals surface area contributed by atoms with E-state index in [1.54, 1.807) is 6.07 Å². The highest BCUT2D eigenvalue weighted by Crippen LogP contribution is 2.12. The molecule has 0 saturated carbocycles. The van der Waals surface area contributed by atoms with E-state index in [9.17, 15) is 4.79 Å². The Morgan fingerprint density at radius 3 is 2.62 bits per heavy atom. The van der Waals surface area contributed by atoms with Crippen molar-refractivity contribution in [1.29, 1.82) is 0 Å². The number of carbonyl (C=O) groups excluding carboxylic acids is 1. The molecule has 0 aromatic heterocycles. The van der Waals surface area contributed by atoms with Crippen LogP contribution in [0.5, 0.6) is 0 Å². The Balaban J connectivity index is 2.77. The highest BCUT2D eigenvalue weighted by Gasteiger charge is 2.12. The molecule has 0 aliphatic rings. The maximum Gasteiger partial charge on any atom is 0.251 e. The third kappa shape index (κ3) is 6.01. The number of amides is 1. The Bertz CT molecular complexity index is 538. The van der Waals surface area contributed by atoms with Crippen molar-refractivity contribution < 1.29 is 9.90 Å². The Morgan fingerprint density at radius 2 is 2.00 bits per heavy atom. The van der Waals surface area contributed by atoms with E-state index < -0.39 is 0 Å². The maximum absolute atomic E-state index is 12.3. The summed E-state index contributed by atoms with van der Waals surface area (Å²) >= 11 is 0. The van der Waals surface area contributed by atoms with Gasteiger partial charge in [-0.1, -0.05) is 31.8 Å². The minimum atomic E-state index is -0.179. The van der Waals surface area contributed by atoms with Crippen molar-refractivity contribution >= 4 is 5.91 Å². The molecule has 3 heteroatoms. The molecule has 0 heterocycles. The molecule has 21 heavy (non-hydrogen) atoms. The average Bonchev–Trinajstić information content (AvgIpc) is 2.44.